The van der Waals surface area contributed by atoms with E-state index in [0.29, 0.717) is 0 Å². The highest BCUT2D eigenvalue weighted by molar-refractivity contribution is 4.92. The normalized spacial score (nSPS) is 35.0. The van der Waals surface area contributed by atoms with Crippen LogP contribution in [0.15, 0.2) is 0 Å². The molecule has 1 heteroatoms. The lowest BCUT2D eigenvalue weighted by Gasteiger charge is -2.30. The molecule has 3 saturated carbocycles. The second-order valence-corrected chi connectivity index (χ2v) is 8.41. The average Bonchev–Trinajstić information content (AvgIpc) is 3.01. The molecule has 3 aliphatic carbocycles. The van der Waals surface area contributed by atoms with Crippen LogP contribution in [0.4, 0.5) is 0 Å². The van der Waals surface area contributed by atoms with Gasteiger partial charge < -0.3 is 5.32 Å². The number of rotatable bonds is 7. The van der Waals surface area contributed by atoms with Crippen LogP contribution in [0.2, 0.25) is 0 Å². The quantitative estimate of drug-likeness (QED) is 0.607. The first-order chi connectivity index (χ1) is 10.3. The van der Waals surface area contributed by atoms with Crippen LogP contribution in [0.25, 0.3) is 0 Å². The molecule has 1 nitrogen and oxygen atoms in total. The predicted molar refractivity (Wildman–Crippen MR) is 91.4 cm³/mol. The van der Waals surface area contributed by atoms with Gasteiger partial charge in [-0.05, 0) is 68.7 Å². The molecule has 2 bridgehead atoms. The van der Waals surface area contributed by atoms with Gasteiger partial charge in [-0.3, -0.25) is 0 Å². The van der Waals surface area contributed by atoms with Gasteiger partial charge in [0.2, 0.25) is 0 Å². The van der Waals surface area contributed by atoms with Crippen molar-refractivity contribution < 1.29 is 0 Å². The summed E-state index contributed by atoms with van der Waals surface area (Å²) in [6, 6.07) is 0.831. The van der Waals surface area contributed by atoms with Crippen molar-refractivity contribution in [1.29, 1.82) is 0 Å². The Balaban J connectivity index is 1.50. The molecule has 0 aromatic rings. The van der Waals surface area contributed by atoms with Gasteiger partial charge in [-0.15, -0.1) is 0 Å². The van der Waals surface area contributed by atoms with Gasteiger partial charge >= 0.3 is 0 Å². The van der Waals surface area contributed by atoms with E-state index in [1.54, 1.807) is 25.7 Å². The lowest BCUT2D eigenvalue weighted by molar-refractivity contribution is 0.249. The van der Waals surface area contributed by atoms with Gasteiger partial charge in [0.15, 0.2) is 0 Å². The van der Waals surface area contributed by atoms with Crippen LogP contribution in [0.1, 0.15) is 90.4 Å². The smallest absolute Gasteiger partial charge is 0.00724 e. The van der Waals surface area contributed by atoms with Crippen LogP contribution in [-0.4, -0.2) is 12.6 Å². The second-order valence-electron chi connectivity index (χ2n) is 8.41. The Morgan fingerprint density at radius 1 is 0.905 bits per heavy atom. The summed E-state index contributed by atoms with van der Waals surface area (Å²) in [7, 11) is 0. The molecule has 4 atom stereocenters. The molecule has 122 valence electrons. The molecule has 0 saturated heterocycles. The Hall–Kier alpha value is -0.0400. The molecule has 0 aromatic carbocycles. The molecule has 3 fully saturated rings. The molecule has 0 heterocycles. The maximum Gasteiger partial charge on any atom is 0.00724 e. The van der Waals surface area contributed by atoms with E-state index in [-0.39, 0.29) is 0 Å². The van der Waals surface area contributed by atoms with Crippen molar-refractivity contribution in [2.75, 3.05) is 6.54 Å². The minimum Gasteiger partial charge on any atom is -0.314 e. The van der Waals surface area contributed by atoms with E-state index >= 15 is 0 Å². The zero-order chi connectivity index (χ0) is 14.5. The first-order valence-electron chi connectivity index (χ1n) is 10.1. The summed E-state index contributed by atoms with van der Waals surface area (Å²) >= 11 is 0. The van der Waals surface area contributed by atoms with Gasteiger partial charge in [-0.25, -0.2) is 0 Å². The van der Waals surface area contributed by atoms with Crippen LogP contribution in [0.3, 0.4) is 0 Å². The van der Waals surface area contributed by atoms with Crippen LogP contribution < -0.4 is 5.32 Å². The molecular formula is C20H37N. The maximum absolute atomic E-state index is 3.92. The van der Waals surface area contributed by atoms with Crippen molar-refractivity contribution in [3.05, 3.63) is 0 Å². The van der Waals surface area contributed by atoms with Crippen molar-refractivity contribution in [3.63, 3.8) is 0 Å². The summed E-state index contributed by atoms with van der Waals surface area (Å²) in [5, 5.41) is 3.92. The molecule has 3 aliphatic rings. The number of nitrogens with one attached hydrogen (secondary N) is 1. The first-order valence-corrected chi connectivity index (χ1v) is 10.1. The number of hydrogen-bond donors (Lipinski definition) is 1. The van der Waals surface area contributed by atoms with Gasteiger partial charge in [0.1, 0.15) is 0 Å². The molecule has 3 rings (SSSR count). The molecule has 0 aromatic heterocycles. The third-order valence-electron chi connectivity index (χ3n) is 6.75. The zero-order valence-corrected chi connectivity index (χ0v) is 14.3. The molecular weight excluding hydrogens is 254 g/mol. The Morgan fingerprint density at radius 2 is 1.71 bits per heavy atom. The molecule has 0 radical (unpaired) electrons. The fourth-order valence-electron chi connectivity index (χ4n) is 5.64. The standard InChI is InChI=1S/C20H37N/c1-2-11-21-20(14-16-7-5-3-4-6-8-16)15-19-13-17-9-10-18(19)12-17/h16-21H,2-15H2,1H3. The summed E-state index contributed by atoms with van der Waals surface area (Å²) in [6.07, 6.45) is 19.5. The SMILES string of the molecule is CCCNC(CC1CCCCCC1)CC1CC2CCC1C2. The Kier molecular flexibility index (Phi) is 6.03. The molecule has 0 spiro atoms. The Bertz CT molecular complexity index is 292. The van der Waals surface area contributed by atoms with E-state index in [4.69, 9.17) is 0 Å². The monoisotopic (exact) mass is 291 g/mol. The highest BCUT2D eigenvalue weighted by atomic mass is 14.9. The van der Waals surface area contributed by atoms with E-state index in [1.165, 1.54) is 64.3 Å². The summed E-state index contributed by atoms with van der Waals surface area (Å²) in [5.41, 5.74) is 0. The highest BCUT2D eigenvalue weighted by Gasteiger charge is 2.40. The Morgan fingerprint density at radius 3 is 2.33 bits per heavy atom. The number of hydrogen-bond acceptors (Lipinski definition) is 1. The zero-order valence-electron chi connectivity index (χ0n) is 14.3. The fraction of sp³-hybridized carbons (Fsp3) is 1.00. The van der Waals surface area contributed by atoms with E-state index < -0.39 is 0 Å². The molecule has 0 aliphatic heterocycles. The summed E-state index contributed by atoms with van der Waals surface area (Å²) in [5.74, 6) is 4.32. The summed E-state index contributed by atoms with van der Waals surface area (Å²) in [4.78, 5) is 0. The van der Waals surface area contributed by atoms with Gasteiger partial charge in [0.25, 0.3) is 0 Å². The van der Waals surface area contributed by atoms with Crippen molar-refractivity contribution in [1.82, 2.24) is 5.32 Å². The molecule has 1 N–H and O–H groups in total. The topological polar surface area (TPSA) is 12.0 Å². The summed E-state index contributed by atoms with van der Waals surface area (Å²) < 4.78 is 0. The maximum atomic E-state index is 3.92. The van der Waals surface area contributed by atoms with Crippen molar-refractivity contribution in [2.45, 2.75) is 96.4 Å². The lowest BCUT2D eigenvalue weighted by Crippen LogP contribution is -2.34. The third-order valence-corrected chi connectivity index (χ3v) is 6.75. The van der Waals surface area contributed by atoms with Crippen LogP contribution >= 0.6 is 0 Å². The van der Waals surface area contributed by atoms with Crippen LogP contribution in [0.5, 0.6) is 0 Å². The van der Waals surface area contributed by atoms with Crippen molar-refractivity contribution >= 4 is 0 Å². The highest BCUT2D eigenvalue weighted by Crippen LogP contribution is 2.50. The van der Waals surface area contributed by atoms with Crippen LogP contribution in [0, 0.1) is 23.7 Å². The fourth-order valence-corrected chi connectivity index (χ4v) is 5.64. The molecule has 0 amide bonds. The van der Waals surface area contributed by atoms with Crippen LogP contribution in [-0.2, 0) is 0 Å². The third kappa shape index (κ3) is 4.47. The average molecular weight is 292 g/mol. The van der Waals surface area contributed by atoms with Gasteiger partial charge in [0.05, 0.1) is 0 Å². The molecule has 21 heavy (non-hydrogen) atoms. The predicted octanol–water partition coefficient (Wildman–Crippen LogP) is 5.54. The lowest BCUT2D eigenvalue weighted by atomic mass is 9.81. The largest absolute Gasteiger partial charge is 0.314 e. The van der Waals surface area contributed by atoms with Crippen molar-refractivity contribution in [2.24, 2.45) is 23.7 Å². The van der Waals surface area contributed by atoms with Gasteiger partial charge in [-0.1, -0.05) is 51.9 Å². The minimum absolute atomic E-state index is 0.831. The second kappa shape index (κ2) is 7.99. The molecule has 4 unspecified atom stereocenters. The van der Waals surface area contributed by atoms with Gasteiger partial charge in [-0.2, -0.15) is 0 Å². The van der Waals surface area contributed by atoms with E-state index in [1.807, 2.05) is 0 Å². The van der Waals surface area contributed by atoms with E-state index in [0.717, 1.165) is 29.7 Å². The Labute approximate surface area is 132 Å². The van der Waals surface area contributed by atoms with Gasteiger partial charge in [0, 0.05) is 6.04 Å². The minimum atomic E-state index is 0.831. The first kappa shape index (κ1) is 15.8. The van der Waals surface area contributed by atoms with Crippen molar-refractivity contribution in [3.8, 4) is 0 Å². The number of fused-ring (bicyclic) bond motifs is 2. The van der Waals surface area contributed by atoms with E-state index in [2.05, 4.69) is 12.2 Å². The van der Waals surface area contributed by atoms with E-state index in [9.17, 15) is 0 Å². The summed E-state index contributed by atoms with van der Waals surface area (Å²) in [6.45, 7) is 3.55.